The Kier molecular flexibility index (Phi) is 5.56. The lowest BCUT2D eigenvalue weighted by atomic mass is 10.4. The fourth-order valence-corrected chi connectivity index (χ4v) is 2.61. The van der Waals surface area contributed by atoms with E-state index in [4.69, 9.17) is 4.74 Å². The maximum atomic E-state index is 10.9. The molecule has 0 aliphatic carbocycles. The van der Waals surface area contributed by atoms with Gasteiger partial charge >= 0.3 is 5.97 Å². The molecule has 0 unspecified atom stereocenters. The Labute approximate surface area is 88.9 Å². The molecular formula is C9H17BrO2Si. The molecule has 0 spiro atoms. The van der Waals surface area contributed by atoms with Gasteiger partial charge in [0.2, 0.25) is 0 Å². The minimum absolute atomic E-state index is 0.283. The number of esters is 1. The fraction of sp³-hybridized carbons (Fsp3) is 0.667. The number of hydrogen-bond donors (Lipinski definition) is 0. The van der Waals surface area contributed by atoms with Gasteiger partial charge in [-0.25, -0.2) is 4.79 Å². The van der Waals surface area contributed by atoms with E-state index in [-0.39, 0.29) is 5.97 Å². The third-order valence-electron chi connectivity index (χ3n) is 1.50. The van der Waals surface area contributed by atoms with Crippen molar-refractivity contribution in [3.05, 3.63) is 12.2 Å². The Morgan fingerprint density at radius 3 is 2.46 bits per heavy atom. The third-order valence-corrected chi connectivity index (χ3v) is 4.23. The summed E-state index contributed by atoms with van der Waals surface area (Å²) in [6, 6.07) is 1.12. The zero-order chi connectivity index (χ0) is 10.5. The van der Waals surface area contributed by atoms with Crippen LogP contribution in [0.3, 0.4) is 0 Å². The van der Waals surface area contributed by atoms with Gasteiger partial charge in [0.1, 0.15) is 6.69 Å². The molecular weight excluding hydrogens is 248 g/mol. The Bertz CT molecular complexity index is 196. The van der Waals surface area contributed by atoms with Gasteiger partial charge in [-0.05, 0) is 19.4 Å². The van der Waals surface area contributed by atoms with Crippen LogP contribution in [-0.2, 0) is 9.53 Å². The Morgan fingerprint density at radius 1 is 1.54 bits per heavy atom. The molecule has 2 nitrogen and oxygen atoms in total. The largest absolute Gasteiger partial charge is 0.462 e. The summed E-state index contributed by atoms with van der Waals surface area (Å²) in [5.41, 5.74) is 0.468. The molecule has 0 heterocycles. The van der Waals surface area contributed by atoms with Gasteiger partial charge in [0.05, 0.1) is 6.61 Å². The molecule has 0 bridgehead atoms. The molecule has 0 radical (unpaired) electrons. The molecule has 0 aliphatic heterocycles. The summed E-state index contributed by atoms with van der Waals surface area (Å²) < 4.78 is 4.96. The number of carbonyl (C=O) groups is 1. The van der Waals surface area contributed by atoms with E-state index in [1.54, 1.807) is 6.92 Å². The van der Waals surface area contributed by atoms with Gasteiger partial charge in [-0.2, -0.15) is 0 Å². The van der Waals surface area contributed by atoms with Crippen molar-refractivity contribution < 1.29 is 9.53 Å². The molecule has 0 rings (SSSR count). The van der Waals surface area contributed by atoms with Crippen LogP contribution in [0.5, 0.6) is 0 Å². The average Bonchev–Trinajstić information content (AvgIpc) is 1.95. The highest BCUT2D eigenvalue weighted by atomic mass is 79.9. The monoisotopic (exact) mass is 264 g/mol. The van der Waals surface area contributed by atoms with Gasteiger partial charge in [0.25, 0.3) is 0 Å². The highest BCUT2D eigenvalue weighted by molar-refractivity contribution is 9.26. The molecule has 13 heavy (non-hydrogen) atoms. The van der Waals surface area contributed by atoms with Crippen molar-refractivity contribution in [2.24, 2.45) is 0 Å². The Hall–Kier alpha value is -0.0931. The summed E-state index contributed by atoms with van der Waals surface area (Å²) in [7, 11) is 0. The molecule has 0 aromatic carbocycles. The number of carbonyl (C=O) groups excluding carboxylic acids is 1. The lowest BCUT2D eigenvalue weighted by Crippen LogP contribution is -2.16. The van der Waals surface area contributed by atoms with Gasteiger partial charge in [0, 0.05) is 5.57 Å². The van der Waals surface area contributed by atoms with Crippen LogP contribution < -0.4 is 0 Å². The maximum absolute atomic E-state index is 10.9. The summed E-state index contributed by atoms with van der Waals surface area (Å²) in [6.45, 7) is 8.98. The van der Waals surface area contributed by atoms with Crippen LogP contribution in [0, 0.1) is 0 Å². The quantitative estimate of drug-likeness (QED) is 0.251. The van der Waals surface area contributed by atoms with Crippen molar-refractivity contribution >= 4 is 28.0 Å². The van der Waals surface area contributed by atoms with Gasteiger partial charge in [0.15, 0.2) is 0 Å². The number of halogens is 1. The summed E-state index contributed by atoms with van der Waals surface area (Å²) in [5.74, 6) is -0.283. The zero-order valence-corrected chi connectivity index (χ0v) is 11.1. The molecule has 0 fully saturated rings. The first-order valence-corrected chi connectivity index (χ1v) is 9.81. The second-order valence-electron chi connectivity index (χ2n) is 3.74. The van der Waals surface area contributed by atoms with Crippen LogP contribution >= 0.6 is 15.3 Å². The molecule has 0 saturated heterocycles. The van der Waals surface area contributed by atoms with Gasteiger partial charge in [-0.15, -0.1) is 15.3 Å². The molecule has 0 aromatic heterocycles. The van der Waals surface area contributed by atoms with Crippen LogP contribution in [0.2, 0.25) is 19.1 Å². The average molecular weight is 265 g/mol. The van der Waals surface area contributed by atoms with Crippen LogP contribution in [0.15, 0.2) is 12.2 Å². The lowest BCUT2D eigenvalue weighted by Gasteiger charge is -2.12. The molecule has 76 valence electrons. The molecule has 0 atom stereocenters. The summed E-state index contributed by atoms with van der Waals surface area (Å²) in [4.78, 5) is 10.9. The normalized spacial score (nSPS) is 11.1. The smallest absolute Gasteiger partial charge is 0.333 e. The number of rotatable bonds is 5. The van der Waals surface area contributed by atoms with E-state index in [2.05, 4.69) is 35.0 Å². The molecule has 0 aromatic rings. The van der Waals surface area contributed by atoms with Crippen molar-refractivity contribution in [2.45, 2.75) is 32.5 Å². The minimum atomic E-state index is -1.16. The van der Waals surface area contributed by atoms with Gasteiger partial charge < -0.3 is 4.74 Å². The van der Waals surface area contributed by atoms with Crippen molar-refractivity contribution in [1.82, 2.24) is 0 Å². The van der Waals surface area contributed by atoms with E-state index in [9.17, 15) is 4.79 Å². The first-order valence-electron chi connectivity index (χ1n) is 4.34. The van der Waals surface area contributed by atoms with E-state index >= 15 is 0 Å². The summed E-state index contributed by atoms with van der Waals surface area (Å²) in [6.07, 6.45) is 0.934. The number of hydrogen-bond acceptors (Lipinski definition) is 2. The lowest BCUT2D eigenvalue weighted by molar-refractivity contribution is -0.138. The highest BCUT2D eigenvalue weighted by Gasteiger charge is 2.15. The van der Waals surface area contributed by atoms with Crippen molar-refractivity contribution in [2.75, 3.05) is 6.61 Å². The van der Waals surface area contributed by atoms with E-state index in [1.807, 2.05) is 0 Å². The SMILES string of the molecule is C=C(C)C(=O)OCCC[Si](C)(C)Br. The van der Waals surface area contributed by atoms with E-state index < -0.39 is 6.69 Å². The van der Waals surface area contributed by atoms with Crippen LogP contribution in [0.1, 0.15) is 13.3 Å². The van der Waals surface area contributed by atoms with Crippen molar-refractivity contribution in [1.29, 1.82) is 0 Å². The summed E-state index contributed by atoms with van der Waals surface area (Å²) >= 11 is 3.66. The summed E-state index contributed by atoms with van der Waals surface area (Å²) in [5, 5.41) is 0. The Balaban J connectivity index is 3.47. The first-order chi connectivity index (χ1) is 5.83. The third kappa shape index (κ3) is 8.24. The second-order valence-corrected chi connectivity index (χ2v) is 14.1. The van der Waals surface area contributed by atoms with Gasteiger partial charge in [-0.3, -0.25) is 0 Å². The van der Waals surface area contributed by atoms with Crippen LogP contribution in [0.4, 0.5) is 0 Å². The molecule has 0 N–H and O–H groups in total. The molecule has 0 aliphatic rings. The molecule has 0 amide bonds. The Morgan fingerprint density at radius 2 is 2.08 bits per heavy atom. The standard InChI is InChI=1S/C9H17BrO2Si/c1-8(2)9(11)12-6-5-7-13(3,4)10/h1,5-7H2,2-4H3. The predicted octanol–water partition coefficient (Wildman–Crippen LogP) is 3.10. The van der Waals surface area contributed by atoms with Gasteiger partial charge in [-0.1, -0.05) is 19.7 Å². The fourth-order valence-electron chi connectivity index (χ4n) is 0.781. The minimum Gasteiger partial charge on any atom is -0.462 e. The highest BCUT2D eigenvalue weighted by Crippen LogP contribution is 2.18. The maximum Gasteiger partial charge on any atom is 0.333 e. The van der Waals surface area contributed by atoms with E-state index in [0.29, 0.717) is 12.2 Å². The topological polar surface area (TPSA) is 26.3 Å². The molecule has 0 saturated carbocycles. The zero-order valence-electron chi connectivity index (χ0n) is 8.52. The first kappa shape index (κ1) is 12.9. The van der Waals surface area contributed by atoms with Crippen molar-refractivity contribution in [3.63, 3.8) is 0 Å². The molecule has 4 heteroatoms. The van der Waals surface area contributed by atoms with E-state index in [1.165, 1.54) is 0 Å². The number of ether oxygens (including phenoxy) is 1. The second kappa shape index (κ2) is 5.60. The predicted molar refractivity (Wildman–Crippen MR) is 61.6 cm³/mol. The van der Waals surface area contributed by atoms with Crippen LogP contribution in [0.25, 0.3) is 0 Å². The van der Waals surface area contributed by atoms with Crippen LogP contribution in [-0.4, -0.2) is 19.3 Å². The van der Waals surface area contributed by atoms with Crippen molar-refractivity contribution in [3.8, 4) is 0 Å². The van der Waals surface area contributed by atoms with E-state index in [0.717, 1.165) is 12.5 Å².